The number of anilines is 2. The fraction of sp³-hybridized carbons (Fsp3) is 0.0526. The van der Waals surface area contributed by atoms with Gasteiger partial charge in [-0.05, 0) is 48.8 Å². The summed E-state index contributed by atoms with van der Waals surface area (Å²) in [7, 11) is -1.49. The Labute approximate surface area is 153 Å². The molecule has 0 aliphatic heterocycles. The summed E-state index contributed by atoms with van der Waals surface area (Å²) < 4.78 is 0. The summed E-state index contributed by atoms with van der Waals surface area (Å²) in [5.41, 5.74) is 2.93. The Morgan fingerprint density at radius 2 is 1.23 bits per heavy atom. The van der Waals surface area contributed by atoms with E-state index in [0.717, 1.165) is 11.8 Å². The third-order valence-electron chi connectivity index (χ3n) is 3.17. The van der Waals surface area contributed by atoms with E-state index < -0.39 is 7.12 Å². The van der Waals surface area contributed by atoms with E-state index in [0.29, 0.717) is 11.2 Å². The molecule has 6 nitrogen and oxygen atoms in total. The van der Waals surface area contributed by atoms with Crippen LogP contribution in [0, 0.1) is 6.92 Å². The molecule has 0 aromatic heterocycles. The van der Waals surface area contributed by atoms with Crippen LogP contribution >= 0.6 is 0 Å². The molecule has 7 heteroatoms. The van der Waals surface area contributed by atoms with E-state index in [1.54, 1.807) is 12.1 Å². The molecule has 0 unspecified atom stereocenters. The molecule has 134 valence electrons. The topological polar surface area (TPSA) is 98.7 Å². The van der Waals surface area contributed by atoms with Crippen LogP contribution in [0.15, 0.2) is 73.8 Å². The zero-order valence-corrected chi connectivity index (χ0v) is 14.5. The van der Waals surface area contributed by atoms with Gasteiger partial charge >= 0.3 is 7.12 Å². The molecule has 0 saturated heterocycles. The minimum Gasteiger partial charge on any atom is -0.423 e. The van der Waals surface area contributed by atoms with Crippen molar-refractivity contribution in [3.63, 3.8) is 0 Å². The minimum absolute atomic E-state index is 0.182. The lowest BCUT2D eigenvalue weighted by Gasteiger charge is -2.03. The molecule has 2 amide bonds. The normalized spacial score (nSPS) is 9.19. The highest BCUT2D eigenvalue weighted by atomic mass is 16.4. The lowest BCUT2D eigenvalue weighted by atomic mass is 9.80. The third kappa shape index (κ3) is 7.61. The summed E-state index contributed by atoms with van der Waals surface area (Å²) in [6.45, 7) is 8.67. The first-order valence-corrected chi connectivity index (χ1v) is 7.75. The minimum atomic E-state index is -1.49. The SMILES string of the molecule is C=CC(=O)Nc1ccc(B(O)O)cc1.C=CC(=O)Nc1ccc(C)cc1. The molecule has 0 aliphatic carbocycles. The van der Waals surface area contributed by atoms with Crippen LogP contribution in [0.5, 0.6) is 0 Å². The number of hydrogen-bond acceptors (Lipinski definition) is 4. The maximum atomic E-state index is 10.9. The van der Waals surface area contributed by atoms with Crippen LogP contribution in [0.4, 0.5) is 11.4 Å². The Hall–Kier alpha value is -3.16. The van der Waals surface area contributed by atoms with Gasteiger partial charge in [0.25, 0.3) is 0 Å². The number of nitrogens with one attached hydrogen (secondary N) is 2. The van der Waals surface area contributed by atoms with E-state index in [-0.39, 0.29) is 11.8 Å². The number of carbonyl (C=O) groups excluding carboxylic acids is 2. The molecule has 0 aliphatic rings. The fourth-order valence-corrected chi connectivity index (χ4v) is 1.76. The molecule has 2 aromatic rings. The molecule has 0 atom stereocenters. The number of aryl methyl sites for hydroxylation is 1. The molecule has 0 bridgehead atoms. The van der Waals surface area contributed by atoms with Crippen LogP contribution in [-0.2, 0) is 9.59 Å². The highest BCUT2D eigenvalue weighted by Crippen LogP contribution is 2.08. The van der Waals surface area contributed by atoms with Crippen LogP contribution in [0.25, 0.3) is 0 Å². The van der Waals surface area contributed by atoms with Crippen molar-refractivity contribution in [3.05, 3.63) is 79.4 Å². The Morgan fingerprint density at radius 1 is 0.846 bits per heavy atom. The van der Waals surface area contributed by atoms with Crippen LogP contribution in [0.3, 0.4) is 0 Å². The second-order valence-corrected chi connectivity index (χ2v) is 5.25. The summed E-state index contributed by atoms with van der Waals surface area (Å²) in [5, 5.41) is 22.8. The first kappa shape index (κ1) is 20.9. The van der Waals surface area contributed by atoms with Crippen LogP contribution in [0.2, 0.25) is 0 Å². The molecule has 0 fully saturated rings. The predicted octanol–water partition coefficient (Wildman–Crippen LogP) is 1.61. The average Bonchev–Trinajstić information content (AvgIpc) is 2.64. The van der Waals surface area contributed by atoms with Gasteiger partial charge in [0, 0.05) is 11.4 Å². The number of rotatable bonds is 5. The van der Waals surface area contributed by atoms with Crippen molar-refractivity contribution in [2.75, 3.05) is 10.6 Å². The lowest BCUT2D eigenvalue weighted by molar-refractivity contribution is -0.112. The van der Waals surface area contributed by atoms with Crippen molar-refractivity contribution in [2.45, 2.75) is 6.92 Å². The monoisotopic (exact) mass is 352 g/mol. The van der Waals surface area contributed by atoms with E-state index in [1.165, 1.54) is 23.8 Å². The largest absolute Gasteiger partial charge is 0.488 e. The second-order valence-electron chi connectivity index (χ2n) is 5.25. The van der Waals surface area contributed by atoms with Gasteiger partial charge < -0.3 is 20.7 Å². The smallest absolute Gasteiger partial charge is 0.423 e. The van der Waals surface area contributed by atoms with Crippen LogP contribution in [0.1, 0.15) is 5.56 Å². The maximum Gasteiger partial charge on any atom is 0.488 e. The summed E-state index contributed by atoms with van der Waals surface area (Å²) in [6.07, 6.45) is 2.41. The van der Waals surface area contributed by atoms with E-state index in [2.05, 4.69) is 23.8 Å². The van der Waals surface area contributed by atoms with Gasteiger partial charge in [0.15, 0.2) is 0 Å². The van der Waals surface area contributed by atoms with Gasteiger partial charge in [-0.2, -0.15) is 0 Å². The standard InChI is InChI=1S/C10H11NO.C9H10BNO3/c1-3-10(12)11-9-6-4-8(2)5-7-9;1-2-9(12)11-8-5-3-7(4-6-8)10(13)14/h3-7H,1H2,2H3,(H,11,12);2-6,13-14H,1H2,(H,11,12). The summed E-state index contributed by atoms with van der Waals surface area (Å²) in [6, 6.07) is 13.8. The van der Waals surface area contributed by atoms with E-state index in [1.807, 2.05) is 31.2 Å². The zero-order valence-electron chi connectivity index (χ0n) is 14.5. The quantitative estimate of drug-likeness (QED) is 0.485. The Bertz CT molecular complexity index is 756. The fourth-order valence-electron chi connectivity index (χ4n) is 1.76. The van der Waals surface area contributed by atoms with Gasteiger partial charge in [-0.15, -0.1) is 0 Å². The van der Waals surface area contributed by atoms with Crippen molar-refractivity contribution >= 4 is 35.8 Å². The summed E-state index contributed by atoms with van der Waals surface area (Å²) in [4.78, 5) is 21.7. The molecule has 26 heavy (non-hydrogen) atoms. The van der Waals surface area contributed by atoms with Gasteiger partial charge in [0.2, 0.25) is 11.8 Å². The second kappa shape index (κ2) is 10.7. The molecule has 2 rings (SSSR count). The lowest BCUT2D eigenvalue weighted by Crippen LogP contribution is -2.29. The van der Waals surface area contributed by atoms with Gasteiger partial charge in [-0.25, -0.2) is 0 Å². The van der Waals surface area contributed by atoms with Crippen LogP contribution < -0.4 is 16.1 Å². The first-order chi connectivity index (χ1) is 12.3. The molecular weight excluding hydrogens is 331 g/mol. The summed E-state index contributed by atoms with van der Waals surface area (Å²) >= 11 is 0. The van der Waals surface area contributed by atoms with E-state index in [9.17, 15) is 9.59 Å². The van der Waals surface area contributed by atoms with Gasteiger partial charge in [-0.1, -0.05) is 43.0 Å². The Morgan fingerprint density at radius 3 is 1.58 bits per heavy atom. The van der Waals surface area contributed by atoms with Crippen molar-refractivity contribution in [1.29, 1.82) is 0 Å². The van der Waals surface area contributed by atoms with E-state index >= 15 is 0 Å². The number of amides is 2. The van der Waals surface area contributed by atoms with Crippen molar-refractivity contribution in [2.24, 2.45) is 0 Å². The highest BCUT2D eigenvalue weighted by molar-refractivity contribution is 6.58. The maximum absolute atomic E-state index is 10.9. The van der Waals surface area contributed by atoms with Gasteiger partial charge in [-0.3, -0.25) is 9.59 Å². The van der Waals surface area contributed by atoms with Crippen molar-refractivity contribution in [3.8, 4) is 0 Å². The molecule has 0 heterocycles. The van der Waals surface area contributed by atoms with Gasteiger partial charge in [0.05, 0.1) is 0 Å². The number of carbonyl (C=O) groups is 2. The molecule has 4 N–H and O–H groups in total. The highest BCUT2D eigenvalue weighted by Gasteiger charge is 2.09. The first-order valence-electron chi connectivity index (χ1n) is 7.75. The third-order valence-corrected chi connectivity index (χ3v) is 3.17. The number of hydrogen-bond donors (Lipinski definition) is 4. The molecule has 0 radical (unpaired) electrons. The molecular formula is C19H21BN2O4. The van der Waals surface area contributed by atoms with Crippen molar-refractivity contribution in [1.82, 2.24) is 0 Å². The van der Waals surface area contributed by atoms with Crippen molar-refractivity contribution < 1.29 is 19.6 Å². The molecule has 2 aromatic carbocycles. The van der Waals surface area contributed by atoms with Crippen LogP contribution in [-0.4, -0.2) is 29.0 Å². The average molecular weight is 352 g/mol. The zero-order chi connectivity index (χ0) is 19.5. The molecule has 0 spiro atoms. The van der Waals surface area contributed by atoms with Gasteiger partial charge in [0.1, 0.15) is 0 Å². The Balaban J connectivity index is 0.000000263. The number of benzene rings is 2. The molecule has 0 saturated carbocycles. The van der Waals surface area contributed by atoms with E-state index in [4.69, 9.17) is 10.0 Å². The predicted molar refractivity (Wildman–Crippen MR) is 105 cm³/mol. The summed E-state index contributed by atoms with van der Waals surface area (Å²) in [5.74, 6) is -0.485. The Kier molecular flexibility index (Phi) is 8.56.